The zero-order valence-corrected chi connectivity index (χ0v) is 9.33. The average Bonchev–Trinajstić information content (AvgIpc) is 2.54. The van der Waals surface area contributed by atoms with Gasteiger partial charge in [0, 0.05) is 11.1 Å². The van der Waals surface area contributed by atoms with Gasteiger partial charge in [0.25, 0.3) is 0 Å². The number of rotatable bonds is 1. The van der Waals surface area contributed by atoms with Crippen LogP contribution in [0.15, 0.2) is 10.1 Å². The van der Waals surface area contributed by atoms with Crippen LogP contribution in [-0.4, -0.2) is 4.98 Å². The maximum Gasteiger partial charge on any atom is 0.159 e. The fourth-order valence-electron chi connectivity index (χ4n) is 1.84. The Bertz CT molecular complexity index is 253. The van der Waals surface area contributed by atoms with E-state index in [1.165, 1.54) is 37.0 Å². The van der Waals surface area contributed by atoms with Crippen molar-refractivity contribution < 1.29 is 0 Å². The molecule has 0 amide bonds. The summed E-state index contributed by atoms with van der Waals surface area (Å²) in [6.07, 6.45) is 9.00. The van der Waals surface area contributed by atoms with Crippen molar-refractivity contribution in [1.82, 2.24) is 4.98 Å². The lowest BCUT2D eigenvalue weighted by molar-refractivity contribution is 0.448. The van der Waals surface area contributed by atoms with Gasteiger partial charge in [-0.15, -0.1) is 11.3 Å². The van der Waals surface area contributed by atoms with Crippen molar-refractivity contribution >= 4 is 27.3 Å². The van der Waals surface area contributed by atoms with Crippen LogP contribution in [0.2, 0.25) is 0 Å². The topological polar surface area (TPSA) is 12.9 Å². The van der Waals surface area contributed by atoms with Crippen molar-refractivity contribution in [2.24, 2.45) is 0 Å². The molecule has 0 unspecified atom stereocenters. The summed E-state index contributed by atoms with van der Waals surface area (Å²) in [5.74, 6) is 0.808. The highest BCUT2D eigenvalue weighted by Gasteiger charge is 2.17. The summed E-state index contributed by atoms with van der Waals surface area (Å²) in [4.78, 5) is 5.70. The monoisotopic (exact) mass is 245 g/mol. The summed E-state index contributed by atoms with van der Waals surface area (Å²) >= 11 is 5.21. The van der Waals surface area contributed by atoms with Crippen LogP contribution >= 0.6 is 27.3 Å². The molecule has 1 heterocycles. The molecule has 12 heavy (non-hydrogen) atoms. The molecule has 66 valence electrons. The fourth-order valence-corrected chi connectivity index (χ4v) is 3.31. The second kappa shape index (κ2) is 3.88. The van der Waals surface area contributed by atoms with E-state index in [2.05, 4.69) is 20.9 Å². The maximum atomic E-state index is 4.23. The molecule has 1 aliphatic rings. The Kier molecular flexibility index (Phi) is 2.81. The first-order chi connectivity index (χ1) is 5.86. The van der Waals surface area contributed by atoms with Gasteiger partial charge in [-0.3, -0.25) is 0 Å². The van der Waals surface area contributed by atoms with Crippen LogP contribution in [-0.2, 0) is 0 Å². The summed E-state index contributed by atoms with van der Waals surface area (Å²) in [6.45, 7) is 0. The van der Waals surface area contributed by atoms with Gasteiger partial charge >= 0.3 is 0 Å². The van der Waals surface area contributed by atoms with E-state index in [-0.39, 0.29) is 0 Å². The molecular weight excluding hydrogens is 234 g/mol. The molecule has 1 aromatic rings. The lowest BCUT2D eigenvalue weighted by Gasteiger charge is -2.19. The number of hydrogen-bond donors (Lipinski definition) is 0. The van der Waals surface area contributed by atoms with Crippen LogP contribution in [0.4, 0.5) is 0 Å². The summed E-state index contributed by atoms with van der Waals surface area (Å²) in [6, 6.07) is 0. The first-order valence-electron chi connectivity index (χ1n) is 4.47. The minimum atomic E-state index is 0.808. The Morgan fingerprint density at radius 2 is 2.08 bits per heavy atom. The van der Waals surface area contributed by atoms with E-state index in [0.29, 0.717) is 0 Å². The highest BCUT2D eigenvalue weighted by atomic mass is 79.9. The molecule has 0 aromatic carbocycles. The van der Waals surface area contributed by atoms with E-state index in [4.69, 9.17) is 0 Å². The molecule has 1 saturated carbocycles. The SMILES string of the molecule is Brc1ncc(C2CCCCC2)s1. The van der Waals surface area contributed by atoms with Gasteiger partial charge in [-0.05, 0) is 34.7 Å². The maximum absolute atomic E-state index is 4.23. The second-order valence-corrected chi connectivity index (χ2v) is 5.69. The smallest absolute Gasteiger partial charge is 0.159 e. The average molecular weight is 246 g/mol. The molecule has 0 spiro atoms. The van der Waals surface area contributed by atoms with Crippen molar-refractivity contribution in [3.63, 3.8) is 0 Å². The fraction of sp³-hybridized carbons (Fsp3) is 0.667. The second-order valence-electron chi connectivity index (χ2n) is 3.35. The molecule has 0 radical (unpaired) electrons. The molecule has 0 aliphatic heterocycles. The molecule has 0 atom stereocenters. The standard InChI is InChI=1S/C9H12BrNS/c10-9-11-6-8(12-9)7-4-2-1-3-5-7/h6-7H,1-5H2. The molecule has 0 N–H and O–H groups in total. The molecule has 1 aliphatic carbocycles. The van der Waals surface area contributed by atoms with Crippen LogP contribution < -0.4 is 0 Å². The van der Waals surface area contributed by atoms with Crippen molar-refractivity contribution in [3.05, 3.63) is 15.0 Å². The number of nitrogens with zero attached hydrogens (tertiary/aromatic N) is 1. The summed E-state index contributed by atoms with van der Waals surface area (Å²) in [7, 11) is 0. The Morgan fingerprint density at radius 1 is 1.33 bits per heavy atom. The third-order valence-corrected chi connectivity index (χ3v) is 4.14. The molecule has 3 heteroatoms. The van der Waals surface area contributed by atoms with Gasteiger partial charge in [-0.2, -0.15) is 0 Å². The third-order valence-electron chi connectivity index (χ3n) is 2.50. The molecule has 1 aromatic heterocycles. The predicted octanol–water partition coefficient (Wildman–Crippen LogP) is 3.95. The molecule has 2 rings (SSSR count). The van der Waals surface area contributed by atoms with Gasteiger partial charge in [0.05, 0.1) is 0 Å². The molecule has 1 fully saturated rings. The van der Waals surface area contributed by atoms with Crippen molar-refractivity contribution in [2.75, 3.05) is 0 Å². The zero-order valence-electron chi connectivity index (χ0n) is 6.92. The van der Waals surface area contributed by atoms with Crippen LogP contribution in [0.5, 0.6) is 0 Å². The highest BCUT2D eigenvalue weighted by Crippen LogP contribution is 2.36. The number of halogens is 1. The van der Waals surface area contributed by atoms with Crippen LogP contribution in [0.1, 0.15) is 42.9 Å². The Labute approximate surface area is 85.3 Å². The minimum absolute atomic E-state index is 0.808. The van der Waals surface area contributed by atoms with E-state index >= 15 is 0 Å². The molecule has 1 nitrogen and oxygen atoms in total. The third kappa shape index (κ3) is 1.88. The van der Waals surface area contributed by atoms with Crippen molar-refractivity contribution in [3.8, 4) is 0 Å². The Morgan fingerprint density at radius 3 is 2.67 bits per heavy atom. The molecule has 0 bridgehead atoms. The summed E-state index contributed by atoms with van der Waals surface area (Å²) < 4.78 is 1.03. The lowest BCUT2D eigenvalue weighted by atomic mass is 9.89. The first kappa shape index (κ1) is 8.70. The van der Waals surface area contributed by atoms with Crippen LogP contribution in [0.25, 0.3) is 0 Å². The normalized spacial score (nSPS) is 19.8. The van der Waals surface area contributed by atoms with Crippen LogP contribution in [0.3, 0.4) is 0 Å². The van der Waals surface area contributed by atoms with Gasteiger partial charge in [-0.1, -0.05) is 19.3 Å². The van der Waals surface area contributed by atoms with Crippen molar-refractivity contribution in [1.29, 1.82) is 0 Å². The van der Waals surface area contributed by atoms with E-state index in [1.807, 2.05) is 6.20 Å². The van der Waals surface area contributed by atoms with E-state index in [9.17, 15) is 0 Å². The Hall–Kier alpha value is 0.110. The summed E-state index contributed by atoms with van der Waals surface area (Å²) in [5.41, 5.74) is 0. The van der Waals surface area contributed by atoms with Gasteiger partial charge in [0.2, 0.25) is 0 Å². The predicted molar refractivity (Wildman–Crippen MR) is 55.6 cm³/mol. The largest absolute Gasteiger partial charge is 0.237 e. The minimum Gasteiger partial charge on any atom is -0.237 e. The lowest BCUT2D eigenvalue weighted by Crippen LogP contribution is -2.02. The van der Waals surface area contributed by atoms with Gasteiger partial charge in [-0.25, -0.2) is 4.98 Å². The van der Waals surface area contributed by atoms with E-state index in [1.54, 1.807) is 11.3 Å². The quantitative estimate of drug-likeness (QED) is 0.731. The summed E-state index contributed by atoms with van der Waals surface area (Å²) in [5, 5.41) is 0. The number of thiazole rings is 1. The first-order valence-corrected chi connectivity index (χ1v) is 6.08. The van der Waals surface area contributed by atoms with Gasteiger partial charge < -0.3 is 0 Å². The number of hydrogen-bond acceptors (Lipinski definition) is 2. The zero-order chi connectivity index (χ0) is 8.39. The highest BCUT2D eigenvalue weighted by molar-refractivity contribution is 9.11. The van der Waals surface area contributed by atoms with Gasteiger partial charge in [0.1, 0.15) is 0 Å². The molecule has 0 saturated heterocycles. The number of aromatic nitrogens is 1. The van der Waals surface area contributed by atoms with Crippen molar-refractivity contribution in [2.45, 2.75) is 38.0 Å². The van der Waals surface area contributed by atoms with Gasteiger partial charge in [0.15, 0.2) is 3.92 Å². The Balaban J connectivity index is 2.08. The van der Waals surface area contributed by atoms with Crippen LogP contribution in [0, 0.1) is 0 Å². The molecular formula is C9H12BrNS. The van der Waals surface area contributed by atoms with E-state index < -0.39 is 0 Å². The van der Waals surface area contributed by atoms with E-state index in [0.717, 1.165) is 9.83 Å².